The number of anilines is 2. The number of hydrogen-bond donors (Lipinski definition) is 1. The standard InChI is InChI=1S/C13H21N5/c1-3-17(2)13-11(9-14)12(15)18(16-13)10-7-5-4-6-8-10/h10H,3-8,15H2,1-2H3. The maximum Gasteiger partial charge on any atom is 0.170 e. The highest BCUT2D eigenvalue weighted by Crippen LogP contribution is 2.33. The predicted octanol–water partition coefficient (Wildman–Crippen LogP) is 2.30. The zero-order chi connectivity index (χ0) is 13.1. The lowest BCUT2D eigenvalue weighted by atomic mass is 9.96. The molecule has 1 aromatic heterocycles. The van der Waals surface area contributed by atoms with E-state index < -0.39 is 0 Å². The van der Waals surface area contributed by atoms with Crippen molar-refractivity contribution in [1.29, 1.82) is 5.26 Å². The van der Waals surface area contributed by atoms with E-state index in [9.17, 15) is 5.26 Å². The highest BCUT2D eigenvalue weighted by Gasteiger charge is 2.24. The molecule has 1 saturated carbocycles. The average Bonchev–Trinajstić information content (AvgIpc) is 2.75. The summed E-state index contributed by atoms with van der Waals surface area (Å²) >= 11 is 0. The summed E-state index contributed by atoms with van der Waals surface area (Å²) in [7, 11) is 1.94. The molecular formula is C13H21N5. The van der Waals surface area contributed by atoms with E-state index in [1.165, 1.54) is 19.3 Å². The normalized spacial score (nSPS) is 16.5. The van der Waals surface area contributed by atoms with E-state index in [2.05, 4.69) is 11.2 Å². The number of nitrogen functional groups attached to an aromatic ring is 1. The summed E-state index contributed by atoms with van der Waals surface area (Å²) in [4.78, 5) is 1.97. The Morgan fingerprint density at radius 2 is 2.11 bits per heavy atom. The molecule has 18 heavy (non-hydrogen) atoms. The molecule has 0 unspecified atom stereocenters. The van der Waals surface area contributed by atoms with Crippen molar-refractivity contribution < 1.29 is 0 Å². The molecule has 1 fully saturated rings. The highest BCUT2D eigenvalue weighted by molar-refractivity contribution is 5.64. The quantitative estimate of drug-likeness (QED) is 0.889. The van der Waals surface area contributed by atoms with Gasteiger partial charge in [-0.25, -0.2) is 4.68 Å². The summed E-state index contributed by atoms with van der Waals surface area (Å²) in [6, 6.07) is 2.55. The van der Waals surface area contributed by atoms with Crippen LogP contribution in [0.4, 0.5) is 11.6 Å². The molecule has 1 aromatic rings. The Balaban J connectivity index is 2.37. The van der Waals surface area contributed by atoms with Crippen LogP contribution in [0.5, 0.6) is 0 Å². The third-order valence-corrected chi connectivity index (χ3v) is 3.80. The Hall–Kier alpha value is -1.70. The van der Waals surface area contributed by atoms with Crippen molar-refractivity contribution in [1.82, 2.24) is 9.78 Å². The van der Waals surface area contributed by atoms with Gasteiger partial charge in [0.05, 0.1) is 6.04 Å². The molecule has 5 heteroatoms. The molecule has 0 spiro atoms. The van der Waals surface area contributed by atoms with Crippen LogP contribution in [0.3, 0.4) is 0 Å². The van der Waals surface area contributed by atoms with Gasteiger partial charge in [0.15, 0.2) is 5.82 Å². The van der Waals surface area contributed by atoms with E-state index >= 15 is 0 Å². The number of nitrogens with two attached hydrogens (primary N) is 1. The Labute approximate surface area is 108 Å². The number of nitrogens with zero attached hydrogens (tertiary/aromatic N) is 4. The number of rotatable bonds is 3. The molecule has 0 saturated heterocycles. The molecule has 0 radical (unpaired) electrons. The molecular weight excluding hydrogens is 226 g/mol. The maximum absolute atomic E-state index is 9.25. The Morgan fingerprint density at radius 1 is 1.44 bits per heavy atom. The summed E-state index contributed by atoms with van der Waals surface area (Å²) in [5, 5.41) is 13.8. The van der Waals surface area contributed by atoms with E-state index in [4.69, 9.17) is 5.73 Å². The third-order valence-electron chi connectivity index (χ3n) is 3.80. The van der Waals surface area contributed by atoms with Gasteiger partial charge in [-0.3, -0.25) is 0 Å². The number of aromatic nitrogens is 2. The molecule has 0 aliphatic heterocycles. The minimum Gasteiger partial charge on any atom is -0.383 e. The van der Waals surface area contributed by atoms with E-state index in [0.29, 0.717) is 23.2 Å². The fourth-order valence-corrected chi connectivity index (χ4v) is 2.56. The molecule has 2 N–H and O–H groups in total. The minimum atomic E-state index is 0.366. The fourth-order valence-electron chi connectivity index (χ4n) is 2.56. The smallest absolute Gasteiger partial charge is 0.170 e. The van der Waals surface area contributed by atoms with Crippen LogP contribution in [0.15, 0.2) is 0 Å². The van der Waals surface area contributed by atoms with Gasteiger partial charge in [-0.05, 0) is 19.8 Å². The minimum absolute atomic E-state index is 0.366. The highest BCUT2D eigenvalue weighted by atomic mass is 15.4. The molecule has 1 heterocycles. The van der Waals surface area contributed by atoms with Gasteiger partial charge in [0, 0.05) is 13.6 Å². The van der Waals surface area contributed by atoms with E-state index in [1.807, 2.05) is 23.6 Å². The molecule has 0 amide bonds. The van der Waals surface area contributed by atoms with Crippen LogP contribution in [-0.4, -0.2) is 23.4 Å². The lowest BCUT2D eigenvalue weighted by Crippen LogP contribution is -2.19. The second kappa shape index (κ2) is 5.30. The van der Waals surface area contributed by atoms with E-state index in [1.54, 1.807) is 0 Å². The van der Waals surface area contributed by atoms with Crippen LogP contribution in [0.25, 0.3) is 0 Å². The fraction of sp³-hybridized carbons (Fsp3) is 0.692. The molecule has 0 bridgehead atoms. The molecule has 2 rings (SSSR count). The first kappa shape index (κ1) is 12.7. The molecule has 0 aromatic carbocycles. The topological polar surface area (TPSA) is 70.9 Å². The predicted molar refractivity (Wildman–Crippen MR) is 72.4 cm³/mol. The van der Waals surface area contributed by atoms with Crippen LogP contribution >= 0.6 is 0 Å². The number of nitriles is 1. The van der Waals surface area contributed by atoms with E-state index in [0.717, 1.165) is 19.4 Å². The molecule has 1 aliphatic carbocycles. The van der Waals surface area contributed by atoms with E-state index in [-0.39, 0.29) is 0 Å². The largest absolute Gasteiger partial charge is 0.383 e. The Bertz CT molecular complexity index is 451. The zero-order valence-corrected chi connectivity index (χ0v) is 11.2. The van der Waals surface area contributed by atoms with Crippen molar-refractivity contribution in [2.45, 2.75) is 45.1 Å². The summed E-state index contributed by atoms with van der Waals surface area (Å²) in [6.45, 7) is 2.85. The number of hydrogen-bond acceptors (Lipinski definition) is 4. The summed E-state index contributed by atoms with van der Waals surface area (Å²) in [5.74, 6) is 1.24. The first-order valence-corrected chi connectivity index (χ1v) is 6.68. The van der Waals surface area contributed by atoms with Gasteiger partial charge < -0.3 is 10.6 Å². The lowest BCUT2D eigenvalue weighted by Gasteiger charge is -2.22. The van der Waals surface area contributed by atoms with Crippen molar-refractivity contribution in [3.8, 4) is 6.07 Å². The zero-order valence-electron chi connectivity index (χ0n) is 11.2. The summed E-state index contributed by atoms with van der Waals surface area (Å²) in [5.41, 5.74) is 6.61. The van der Waals surface area contributed by atoms with Gasteiger partial charge >= 0.3 is 0 Å². The first-order valence-electron chi connectivity index (χ1n) is 6.68. The average molecular weight is 247 g/mol. The van der Waals surface area contributed by atoms with Crippen molar-refractivity contribution >= 4 is 11.6 Å². The van der Waals surface area contributed by atoms with Crippen molar-refractivity contribution in [2.24, 2.45) is 0 Å². The van der Waals surface area contributed by atoms with Gasteiger partial charge in [-0.15, -0.1) is 0 Å². The Morgan fingerprint density at radius 3 is 2.67 bits per heavy atom. The van der Waals surface area contributed by atoms with Crippen molar-refractivity contribution in [2.75, 3.05) is 24.2 Å². The summed E-state index contributed by atoms with van der Waals surface area (Å²) in [6.07, 6.45) is 5.98. The van der Waals surface area contributed by atoms with Crippen LogP contribution in [0.2, 0.25) is 0 Å². The van der Waals surface area contributed by atoms with Gasteiger partial charge in [-0.1, -0.05) is 19.3 Å². The lowest BCUT2D eigenvalue weighted by molar-refractivity contribution is 0.333. The van der Waals surface area contributed by atoms with Crippen LogP contribution in [-0.2, 0) is 0 Å². The second-order valence-corrected chi connectivity index (χ2v) is 4.95. The SMILES string of the molecule is CCN(C)c1nn(C2CCCCC2)c(N)c1C#N. The third kappa shape index (κ3) is 2.15. The molecule has 0 atom stereocenters. The molecule has 98 valence electrons. The van der Waals surface area contributed by atoms with Gasteiger partial charge in [0.25, 0.3) is 0 Å². The summed E-state index contributed by atoms with van der Waals surface area (Å²) < 4.78 is 1.87. The first-order chi connectivity index (χ1) is 8.69. The van der Waals surface area contributed by atoms with Crippen LogP contribution in [0.1, 0.15) is 50.6 Å². The van der Waals surface area contributed by atoms with Gasteiger partial charge in [0.2, 0.25) is 0 Å². The molecule has 5 nitrogen and oxygen atoms in total. The van der Waals surface area contributed by atoms with Crippen LogP contribution < -0.4 is 10.6 Å². The van der Waals surface area contributed by atoms with Gasteiger partial charge in [-0.2, -0.15) is 10.4 Å². The Kier molecular flexibility index (Phi) is 3.75. The second-order valence-electron chi connectivity index (χ2n) is 4.95. The van der Waals surface area contributed by atoms with Crippen LogP contribution in [0, 0.1) is 11.3 Å². The molecule has 1 aliphatic rings. The monoisotopic (exact) mass is 247 g/mol. The van der Waals surface area contributed by atoms with Crippen molar-refractivity contribution in [3.05, 3.63) is 5.56 Å². The maximum atomic E-state index is 9.25. The van der Waals surface area contributed by atoms with Gasteiger partial charge in [0.1, 0.15) is 17.5 Å². The van der Waals surface area contributed by atoms with Crippen molar-refractivity contribution in [3.63, 3.8) is 0 Å².